The van der Waals surface area contributed by atoms with Gasteiger partial charge in [-0.05, 0) is 43.1 Å². The molecule has 0 spiro atoms. The van der Waals surface area contributed by atoms with E-state index in [9.17, 15) is 4.79 Å². The highest BCUT2D eigenvalue weighted by atomic mass is 16.7. The van der Waals surface area contributed by atoms with Crippen LogP contribution in [0.5, 0.6) is 11.5 Å². The average molecular weight is 382 g/mol. The fraction of sp³-hybridized carbons (Fsp3) is 0.409. The lowest BCUT2D eigenvalue weighted by molar-refractivity contribution is -0.0303. The number of carbonyl (C=O) groups is 1. The van der Waals surface area contributed by atoms with Crippen molar-refractivity contribution in [1.82, 2.24) is 10.2 Å². The van der Waals surface area contributed by atoms with Gasteiger partial charge in [-0.2, -0.15) is 0 Å². The summed E-state index contributed by atoms with van der Waals surface area (Å²) in [6, 6.07) is 15.7. The largest absolute Gasteiger partial charge is 0.454 e. The molecule has 148 valence electrons. The number of hydrogen-bond donors (Lipinski definition) is 1. The fourth-order valence-electron chi connectivity index (χ4n) is 3.58. The summed E-state index contributed by atoms with van der Waals surface area (Å²) in [5.74, 6) is 1.25. The summed E-state index contributed by atoms with van der Waals surface area (Å²) in [5, 5.41) is 2.98. The number of carbonyl (C=O) groups excluding carboxylic acids is 1. The maximum atomic E-state index is 12.3. The lowest BCUT2D eigenvalue weighted by atomic mass is 10.1. The molecule has 4 rings (SSSR count). The molecule has 0 aliphatic carbocycles. The van der Waals surface area contributed by atoms with E-state index in [4.69, 9.17) is 14.2 Å². The molecule has 1 N–H and O–H groups in total. The predicted octanol–water partition coefficient (Wildman–Crippen LogP) is 3.00. The fourth-order valence-corrected chi connectivity index (χ4v) is 3.58. The van der Waals surface area contributed by atoms with Gasteiger partial charge in [-0.25, -0.2) is 0 Å². The first-order valence-electron chi connectivity index (χ1n) is 9.86. The van der Waals surface area contributed by atoms with E-state index in [1.54, 1.807) is 18.2 Å². The third-order valence-corrected chi connectivity index (χ3v) is 5.14. The smallest absolute Gasteiger partial charge is 0.251 e. The topological polar surface area (TPSA) is 60.0 Å². The molecule has 2 aromatic carbocycles. The number of nitrogens with zero attached hydrogens (tertiary/aromatic N) is 1. The van der Waals surface area contributed by atoms with Gasteiger partial charge >= 0.3 is 0 Å². The Hall–Kier alpha value is -2.57. The zero-order chi connectivity index (χ0) is 19.2. The van der Waals surface area contributed by atoms with Gasteiger partial charge < -0.3 is 19.5 Å². The summed E-state index contributed by atoms with van der Waals surface area (Å²) < 4.78 is 16.5. The van der Waals surface area contributed by atoms with E-state index in [0.717, 1.165) is 39.1 Å². The maximum Gasteiger partial charge on any atom is 0.251 e. The van der Waals surface area contributed by atoms with E-state index < -0.39 is 0 Å². The molecule has 2 aliphatic heterocycles. The maximum absolute atomic E-state index is 12.3. The highest BCUT2D eigenvalue weighted by Gasteiger charge is 2.21. The Balaban J connectivity index is 1.16. The standard InChI is InChI=1S/C22H26N2O4/c25-22(18-8-9-19-20(14-18)28-16-27-19)23-10-4-5-11-24-12-13-26-21(15-24)17-6-2-1-3-7-17/h1-3,6-9,14,21H,4-5,10-13,15-16H2,(H,23,25). The van der Waals surface area contributed by atoms with Gasteiger partial charge in [0.05, 0.1) is 12.7 Å². The van der Waals surface area contributed by atoms with Crippen LogP contribution in [0.2, 0.25) is 0 Å². The van der Waals surface area contributed by atoms with Crippen LogP contribution in [0.3, 0.4) is 0 Å². The molecule has 0 bridgehead atoms. The van der Waals surface area contributed by atoms with Gasteiger partial charge in [-0.15, -0.1) is 0 Å². The molecular weight excluding hydrogens is 356 g/mol. The molecular formula is C22H26N2O4. The van der Waals surface area contributed by atoms with Gasteiger partial charge in [-0.3, -0.25) is 9.69 Å². The van der Waals surface area contributed by atoms with Crippen LogP contribution in [0.4, 0.5) is 0 Å². The minimum Gasteiger partial charge on any atom is -0.454 e. The second kappa shape index (κ2) is 9.08. The van der Waals surface area contributed by atoms with Crippen LogP contribution in [-0.2, 0) is 4.74 Å². The number of amides is 1. The molecule has 1 amide bonds. The van der Waals surface area contributed by atoms with E-state index in [1.165, 1.54) is 5.56 Å². The van der Waals surface area contributed by atoms with E-state index in [0.29, 0.717) is 23.6 Å². The molecule has 2 aromatic rings. The first-order chi connectivity index (χ1) is 13.8. The Labute approximate surface area is 165 Å². The second-order valence-corrected chi connectivity index (χ2v) is 7.10. The number of benzene rings is 2. The zero-order valence-corrected chi connectivity index (χ0v) is 15.9. The van der Waals surface area contributed by atoms with E-state index >= 15 is 0 Å². The number of hydrogen-bond acceptors (Lipinski definition) is 5. The van der Waals surface area contributed by atoms with Crippen LogP contribution < -0.4 is 14.8 Å². The molecule has 2 heterocycles. The van der Waals surface area contributed by atoms with Crippen molar-refractivity contribution in [1.29, 1.82) is 0 Å². The summed E-state index contributed by atoms with van der Waals surface area (Å²) in [6.45, 7) is 4.56. The summed E-state index contributed by atoms with van der Waals surface area (Å²) in [6.07, 6.45) is 2.15. The van der Waals surface area contributed by atoms with E-state index in [2.05, 4.69) is 34.5 Å². The van der Waals surface area contributed by atoms with Crippen LogP contribution in [-0.4, -0.2) is 50.4 Å². The number of morpholine rings is 1. The van der Waals surface area contributed by atoms with Crippen LogP contribution >= 0.6 is 0 Å². The summed E-state index contributed by atoms with van der Waals surface area (Å²) in [4.78, 5) is 14.7. The van der Waals surface area contributed by atoms with Crippen molar-refractivity contribution in [2.45, 2.75) is 18.9 Å². The van der Waals surface area contributed by atoms with Crippen molar-refractivity contribution in [3.8, 4) is 11.5 Å². The molecule has 1 saturated heterocycles. The SMILES string of the molecule is O=C(NCCCCN1CCOC(c2ccccc2)C1)c1ccc2c(c1)OCO2. The van der Waals surface area contributed by atoms with Gasteiger partial charge in [0.25, 0.3) is 5.91 Å². The van der Waals surface area contributed by atoms with Crippen molar-refractivity contribution < 1.29 is 19.0 Å². The molecule has 6 heteroatoms. The van der Waals surface area contributed by atoms with Crippen LogP contribution in [0.1, 0.15) is 34.9 Å². The minimum absolute atomic E-state index is 0.0752. The molecule has 0 aromatic heterocycles. The molecule has 1 unspecified atom stereocenters. The van der Waals surface area contributed by atoms with Gasteiger partial charge in [0.15, 0.2) is 11.5 Å². The molecule has 2 aliphatic rings. The second-order valence-electron chi connectivity index (χ2n) is 7.10. The Morgan fingerprint density at radius 2 is 1.93 bits per heavy atom. The average Bonchev–Trinajstić information content (AvgIpc) is 3.22. The lowest BCUT2D eigenvalue weighted by Gasteiger charge is -2.33. The zero-order valence-electron chi connectivity index (χ0n) is 15.9. The van der Waals surface area contributed by atoms with Crippen molar-refractivity contribution in [2.75, 3.05) is 39.6 Å². The summed E-state index contributed by atoms with van der Waals surface area (Å²) in [5.41, 5.74) is 1.84. The monoisotopic (exact) mass is 382 g/mol. The number of unbranched alkanes of at least 4 members (excludes halogenated alkanes) is 1. The number of nitrogens with one attached hydrogen (secondary N) is 1. The van der Waals surface area contributed by atoms with Crippen molar-refractivity contribution in [3.05, 3.63) is 59.7 Å². The summed E-state index contributed by atoms with van der Waals surface area (Å²) in [7, 11) is 0. The number of fused-ring (bicyclic) bond motifs is 1. The van der Waals surface area contributed by atoms with Crippen LogP contribution in [0, 0.1) is 0 Å². The third kappa shape index (κ3) is 4.64. The highest BCUT2D eigenvalue weighted by molar-refractivity contribution is 5.94. The van der Waals surface area contributed by atoms with Gasteiger partial charge in [0.1, 0.15) is 0 Å². The molecule has 1 fully saturated rings. The quantitative estimate of drug-likeness (QED) is 0.746. The molecule has 1 atom stereocenters. The Morgan fingerprint density at radius 1 is 1.07 bits per heavy atom. The normalized spacial score (nSPS) is 18.8. The molecule has 6 nitrogen and oxygen atoms in total. The predicted molar refractivity (Wildman–Crippen MR) is 106 cm³/mol. The summed E-state index contributed by atoms with van der Waals surface area (Å²) >= 11 is 0. The van der Waals surface area contributed by atoms with Crippen LogP contribution in [0.15, 0.2) is 48.5 Å². The Kier molecular flexibility index (Phi) is 6.09. The van der Waals surface area contributed by atoms with Crippen LogP contribution in [0.25, 0.3) is 0 Å². The van der Waals surface area contributed by atoms with Gasteiger partial charge in [0, 0.05) is 25.2 Å². The van der Waals surface area contributed by atoms with Crippen molar-refractivity contribution >= 4 is 5.91 Å². The Morgan fingerprint density at radius 3 is 2.82 bits per heavy atom. The van der Waals surface area contributed by atoms with Crippen molar-refractivity contribution in [2.24, 2.45) is 0 Å². The molecule has 0 saturated carbocycles. The number of rotatable bonds is 7. The molecule has 0 radical (unpaired) electrons. The lowest BCUT2D eigenvalue weighted by Crippen LogP contribution is -2.39. The minimum atomic E-state index is -0.0752. The van der Waals surface area contributed by atoms with Gasteiger partial charge in [0.2, 0.25) is 6.79 Å². The Bertz CT molecular complexity index is 796. The van der Waals surface area contributed by atoms with Gasteiger partial charge in [-0.1, -0.05) is 30.3 Å². The number of ether oxygens (including phenoxy) is 3. The molecule has 28 heavy (non-hydrogen) atoms. The van der Waals surface area contributed by atoms with Crippen molar-refractivity contribution in [3.63, 3.8) is 0 Å². The first-order valence-corrected chi connectivity index (χ1v) is 9.86. The first kappa shape index (κ1) is 18.8. The van der Waals surface area contributed by atoms with E-state index in [-0.39, 0.29) is 18.8 Å². The third-order valence-electron chi connectivity index (χ3n) is 5.14. The highest BCUT2D eigenvalue weighted by Crippen LogP contribution is 2.32. The van der Waals surface area contributed by atoms with E-state index in [1.807, 2.05) is 6.07 Å².